The highest BCUT2D eigenvalue weighted by Gasteiger charge is 2.38. The van der Waals surface area contributed by atoms with Gasteiger partial charge < -0.3 is 20.5 Å². The Kier molecular flexibility index (Phi) is 8.59. The molecule has 1 aliphatic heterocycles. The summed E-state index contributed by atoms with van der Waals surface area (Å²) in [5, 5.41) is 13.2. The van der Waals surface area contributed by atoms with E-state index in [9.17, 15) is 22.4 Å². The number of aliphatic carboxylic acids is 1. The number of rotatable bonds is 5. The Morgan fingerprint density at radius 3 is 2.54 bits per heavy atom. The summed E-state index contributed by atoms with van der Waals surface area (Å²) in [6.07, 6.45) is -4.01. The molecule has 1 unspecified atom stereocenters. The van der Waals surface area contributed by atoms with Gasteiger partial charge in [-0.15, -0.1) is 0 Å². The number of carbonyl (C=O) groups is 2. The van der Waals surface area contributed by atoms with Gasteiger partial charge in [0.15, 0.2) is 6.61 Å². The molecule has 0 aromatic heterocycles. The highest BCUT2D eigenvalue weighted by Crippen LogP contribution is 2.20. The Morgan fingerprint density at radius 1 is 1.38 bits per heavy atom. The van der Waals surface area contributed by atoms with Crippen LogP contribution in [-0.2, 0) is 9.59 Å². The number of halogens is 5. The molecule has 6 nitrogen and oxygen atoms in total. The molecule has 0 bridgehead atoms. The number of hydrogen-bond acceptors (Lipinski definition) is 4. The van der Waals surface area contributed by atoms with Crippen LogP contribution in [-0.4, -0.2) is 49.4 Å². The molecule has 0 spiro atoms. The van der Waals surface area contributed by atoms with Gasteiger partial charge in [0.2, 0.25) is 0 Å². The van der Waals surface area contributed by atoms with Gasteiger partial charge in [-0.3, -0.25) is 4.79 Å². The van der Waals surface area contributed by atoms with Crippen LogP contribution in [0.2, 0.25) is 5.02 Å². The van der Waals surface area contributed by atoms with Gasteiger partial charge in [0, 0.05) is 12.6 Å². The second kappa shape index (κ2) is 10.2. The van der Waals surface area contributed by atoms with Gasteiger partial charge in [-0.05, 0) is 37.6 Å². The zero-order valence-corrected chi connectivity index (χ0v) is 14.2. The summed E-state index contributed by atoms with van der Waals surface area (Å²) in [6.45, 7) is 2.45. The lowest BCUT2D eigenvalue weighted by atomic mass is 10.1. The third-order valence-electron chi connectivity index (χ3n) is 3.25. The molecule has 3 N–H and O–H groups in total. The van der Waals surface area contributed by atoms with E-state index in [-0.39, 0.29) is 17.5 Å². The summed E-state index contributed by atoms with van der Waals surface area (Å²) in [5.74, 6) is -2.75. The lowest BCUT2D eigenvalue weighted by molar-refractivity contribution is -0.192. The van der Waals surface area contributed by atoms with Gasteiger partial charge in [0.1, 0.15) is 11.6 Å². The quantitative estimate of drug-likeness (QED) is 0.660. The van der Waals surface area contributed by atoms with Crippen molar-refractivity contribution in [2.75, 3.05) is 26.2 Å². The van der Waals surface area contributed by atoms with Crippen LogP contribution in [0.1, 0.15) is 6.42 Å². The van der Waals surface area contributed by atoms with Gasteiger partial charge in [-0.2, -0.15) is 13.2 Å². The van der Waals surface area contributed by atoms with Crippen molar-refractivity contribution in [2.45, 2.75) is 12.6 Å². The van der Waals surface area contributed by atoms with Crippen molar-refractivity contribution in [1.82, 2.24) is 10.6 Å². The minimum absolute atomic E-state index is 0.0329. The Labute approximate surface area is 151 Å². The molecule has 1 aliphatic rings. The fraction of sp³-hybridized carbons (Fsp3) is 0.467. The van der Waals surface area contributed by atoms with E-state index >= 15 is 0 Å². The predicted molar refractivity (Wildman–Crippen MR) is 84.6 cm³/mol. The molecule has 146 valence electrons. The first-order valence-corrected chi connectivity index (χ1v) is 7.82. The minimum atomic E-state index is -5.08. The van der Waals surface area contributed by atoms with Crippen LogP contribution in [0, 0.1) is 11.7 Å². The van der Waals surface area contributed by atoms with Crippen LogP contribution in [0.25, 0.3) is 0 Å². The van der Waals surface area contributed by atoms with Crippen LogP contribution in [0.5, 0.6) is 5.75 Å². The van der Waals surface area contributed by atoms with E-state index in [1.807, 2.05) is 0 Å². The first-order chi connectivity index (χ1) is 12.1. The van der Waals surface area contributed by atoms with Crippen molar-refractivity contribution in [1.29, 1.82) is 0 Å². The third kappa shape index (κ3) is 8.34. The van der Waals surface area contributed by atoms with Gasteiger partial charge in [-0.25, -0.2) is 9.18 Å². The molecule has 0 radical (unpaired) electrons. The largest absolute Gasteiger partial charge is 0.490 e. The number of carbonyl (C=O) groups excluding carboxylic acids is 1. The molecule has 0 aliphatic carbocycles. The molecule has 0 saturated carbocycles. The smallest absolute Gasteiger partial charge is 0.484 e. The Hall–Kier alpha value is -2.07. The number of carboxylic acid groups (broad SMARTS) is 1. The maximum absolute atomic E-state index is 13.1. The minimum Gasteiger partial charge on any atom is -0.484 e. The molecule has 1 heterocycles. The summed E-state index contributed by atoms with van der Waals surface area (Å²) < 4.78 is 50.1. The summed E-state index contributed by atoms with van der Waals surface area (Å²) in [5.41, 5.74) is 0. The van der Waals surface area contributed by atoms with Crippen LogP contribution in [0.3, 0.4) is 0 Å². The van der Waals surface area contributed by atoms with Crippen molar-refractivity contribution in [3.63, 3.8) is 0 Å². The Morgan fingerprint density at radius 2 is 2.04 bits per heavy atom. The standard InChI is InChI=1S/C13H16ClFN2O2.C2HF3O2/c14-11-2-1-10(5-12(11)15)19-8-13(18)17-7-9-3-4-16-6-9;3-2(4,5)1(6)7/h1-2,5,9,16H,3-4,6-8H2,(H,17,18);(H,6,7). The van der Waals surface area contributed by atoms with Crippen molar-refractivity contribution < 1.29 is 37.0 Å². The number of ether oxygens (including phenoxy) is 1. The summed E-state index contributed by atoms with van der Waals surface area (Å²) in [7, 11) is 0. The average Bonchev–Trinajstić information content (AvgIpc) is 3.07. The Bertz CT molecular complexity index is 622. The third-order valence-corrected chi connectivity index (χ3v) is 3.56. The fourth-order valence-corrected chi connectivity index (χ4v) is 2.03. The van der Waals surface area contributed by atoms with Crippen molar-refractivity contribution in [3.8, 4) is 5.75 Å². The van der Waals surface area contributed by atoms with E-state index in [2.05, 4.69) is 10.6 Å². The molecular weight excluding hydrogens is 384 g/mol. The normalized spacial score (nSPS) is 16.4. The first-order valence-electron chi connectivity index (χ1n) is 7.45. The van der Waals surface area contributed by atoms with Crippen LogP contribution < -0.4 is 15.4 Å². The maximum Gasteiger partial charge on any atom is 0.490 e. The molecule has 1 fully saturated rings. The maximum atomic E-state index is 13.1. The number of benzene rings is 1. The SMILES string of the molecule is O=C(COc1ccc(Cl)c(F)c1)NCC1CCNC1.O=C(O)C(F)(F)F. The number of carboxylic acids is 1. The molecule has 2 rings (SSSR count). The number of amides is 1. The van der Waals surface area contributed by atoms with E-state index in [4.69, 9.17) is 26.2 Å². The number of alkyl halides is 3. The van der Waals surface area contributed by atoms with Gasteiger partial charge in [0.05, 0.1) is 5.02 Å². The van der Waals surface area contributed by atoms with E-state index in [1.165, 1.54) is 12.1 Å². The van der Waals surface area contributed by atoms with E-state index in [0.717, 1.165) is 25.6 Å². The van der Waals surface area contributed by atoms with Crippen LogP contribution in [0.15, 0.2) is 18.2 Å². The van der Waals surface area contributed by atoms with Crippen molar-refractivity contribution >= 4 is 23.5 Å². The predicted octanol–water partition coefficient (Wildman–Crippen LogP) is 2.22. The lowest BCUT2D eigenvalue weighted by Crippen LogP contribution is -2.33. The summed E-state index contributed by atoms with van der Waals surface area (Å²) in [4.78, 5) is 20.4. The highest BCUT2D eigenvalue weighted by molar-refractivity contribution is 6.30. The molecule has 1 aromatic rings. The fourth-order valence-electron chi connectivity index (χ4n) is 1.91. The summed E-state index contributed by atoms with van der Waals surface area (Å²) in [6, 6.07) is 4.09. The van der Waals surface area contributed by atoms with Gasteiger partial charge in [-0.1, -0.05) is 11.6 Å². The molecule has 1 atom stereocenters. The van der Waals surface area contributed by atoms with Gasteiger partial charge in [0.25, 0.3) is 5.91 Å². The second-order valence-corrected chi connectivity index (χ2v) is 5.74. The Balaban J connectivity index is 0.000000412. The molecule has 11 heteroatoms. The van der Waals surface area contributed by atoms with E-state index < -0.39 is 18.0 Å². The molecule has 1 amide bonds. The highest BCUT2D eigenvalue weighted by atomic mass is 35.5. The van der Waals surface area contributed by atoms with Crippen molar-refractivity contribution in [2.24, 2.45) is 5.92 Å². The number of nitrogens with one attached hydrogen (secondary N) is 2. The molecule has 1 aromatic carbocycles. The number of hydrogen-bond donors (Lipinski definition) is 3. The second-order valence-electron chi connectivity index (χ2n) is 5.33. The van der Waals surface area contributed by atoms with Gasteiger partial charge >= 0.3 is 12.1 Å². The lowest BCUT2D eigenvalue weighted by Gasteiger charge is -2.11. The zero-order valence-electron chi connectivity index (χ0n) is 13.4. The molecule has 1 saturated heterocycles. The monoisotopic (exact) mass is 400 g/mol. The van der Waals surface area contributed by atoms with E-state index in [0.29, 0.717) is 18.2 Å². The average molecular weight is 401 g/mol. The first kappa shape index (κ1) is 22.0. The van der Waals surface area contributed by atoms with Crippen LogP contribution in [0.4, 0.5) is 17.6 Å². The van der Waals surface area contributed by atoms with Crippen LogP contribution >= 0.6 is 11.6 Å². The molecular formula is C15H17ClF4N2O4. The van der Waals surface area contributed by atoms with Crippen molar-refractivity contribution in [3.05, 3.63) is 29.0 Å². The summed E-state index contributed by atoms with van der Waals surface area (Å²) >= 11 is 5.55. The molecule has 26 heavy (non-hydrogen) atoms. The zero-order chi connectivity index (χ0) is 19.7. The topological polar surface area (TPSA) is 87.7 Å². The van der Waals surface area contributed by atoms with E-state index in [1.54, 1.807) is 0 Å².